The molecule has 1 aliphatic carbocycles. The zero-order valence-corrected chi connectivity index (χ0v) is 8.87. The van der Waals surface area contributed by atoms with Crippen molar-refractivity contribution in [3.63, 3.8) is 0 Å². The van der Waals surface area contributed by atoms with Crippen LogP contribution in [0.15, 0.2) is 30.3 Å². The minimum atomic E-state index is 0.759. The molecule has 1 fully saturated rings. The van der Waals surface area contributed by atoms with Crippen molar-refractivity contribution < 1.29 is 0 Å². The third kappa shape index (κ3) is 2.16. The third-order valence-electron chi connectivity index (χ3n) is 3.41. The van der Waals surface area contributed by atoms with Crippen molar-refractivity contribution in [2.24, 2.45) is 0 Å². The summed E-state index contributed by atoms with van der Waals surface area (Å²) in [6, 6.07) is 11.7. The Morgan fingerprint density at radius 3 is 2.21 bits per heavy atom. The molecule has 0 amide bonds. The van der Waals surface area contributed by atoms with E-state index < -0.39 is 0 Å². The summed E-state index contributed by atoms with van der Waals surface area (Å²) in [5.74, 6) is 0.806. The van der Waals surface area contributed by atoms with Gasteiger partial charge in [-0.2, -0.15) is 0 Å². The van der Waals surface area contributed by atoms with Gasteiger partial charge >= 0.3 is 0 Å². The molecule has 0 atom stereocenters. The Labute approximate surface area is 86.5 Å². The van der Waals surface area contributed by atoms with Gasteiger partial charge in [-0.3, -0.25) is 0 Å². The molecule has 2 rings (SSSR count). The molecule has 76 valence electrons. The Balaban J connectivity index is 1.96. The Morgan fingerprint density at radius 1 is 1.00 bits per heavy atom. The molecule has 14 heavy (non-hydrogen) atoms. The molecule has 1 aromatic carbocycles. The van der Waals surface area contributed by atoms with Crippen LogP contribution in [-0.4, -0.2) is 13.1 Å². The summed E-state index contributed by atoms with van der Waals surface area (Å²) in [6.45, 7) is 0. The van der Waals surface area contributed by atoms with Gasteiger partial charge in [-0.25, -0.2) is 0 Å². The molecule has 1 aromatic rings. The summed E-state index contributed by atoms with van der Waals surface area (Å²) < 4.78 is 0. The Morgan fingerprint density at radius 2 is 1.64 bits per heavy atom. The van der Waals surface area contributed by atoms with Gasteiger partial charge in [0.2, 0.25) is 0 Å². The maximum Gasteiger partial charge on any atom is 0.00644 e. The van der Waals surface area contributed by atoms with Crippen LogP contribution >= 0.6 is 0 Å². The van der Waals surface area contributed by atoms with Crippen LogP contribution < -0.4 is 5.32 Å². The maximum absolute atomic E-state index is 3.38. The van der Waals surface area contributed by atoms with E-state index in [0.29, 0.717) is 0 Å². The molecule has 0 heterocycles. The van der Waals surface area contributed by atoms with Gasteiger partial charge in [-0.1, -0.05) is 30.3 Å². The van der Waals surface area contributed by atoms with Gasteiger partial charge < -0.3 is 5.32 Å². The lowest BCUT2D eigenvalue weighted by Crippen LogP contribution is -2.29. The molecule has 0 unspecified atom stereocenters. The summed E-state index contributed by atoms with van der Waals surface area (Å²) in [4.78, 5) is 0. The highest BCUT2D eigenvalue weighted by Crippen LogP contribution is 2.32. The van der Waals surface area contributed by atoms with Crippen molar-refractivity contribution in [1.82, 2.24) is 5.32 Å². The molecule has 1 saturated carbocycles. The van der Waals surface area contributed by atoms with Crippen LogP contribution in [0.25, 0.3) is 0 Å². The molecular weight excluding hydrogens is 170 g/mol. The zero-order valence-electron chi connectivity index (χ0n) is 8.87. The molecule has 1 heteroatoms. The summed E-state index contributed by atoms with van der Waals surface area (Å²) in [7, 11) is 2.08. The van der Waals surface area contributed by atoms with Crippen LogP contribution in [0, 0.1) is 0 Å². The molecule has 0 aliphatic heterocycles. The number of rotatable bonds is 2. The summed E-state index contributed by atoms with van der Waals surface area (Å²) in [6.07, 6.45) is 5.34. The average Bonchev–Trinajstić information content (AvgIpc) is 2.30. The van der Waals surface area contributed by atoms with Crippen LogP contribution in [0.2, 0.25) is 0 Å². The molecule has 0 saturated heterocycles. The molecular formula is C13H19N. The Hall–Kier alpha value is -0.820. The van der Waals surface area contributed by atoms with E-state index in [0.717, 1.165) is 12.0 Å². The van der Waals surface area contributed by atoms with Gasteiger partial charge in [0, 0.05) is 6.04 Å². The minimum absolute atomic E-state index is 0.759. The second-order valence-electron chi connectivity index (χ2n) is 4.25. The van der Waals surface area contributed by atoms with Gasteiger partial charge in [0.15, 0.2) is 0 Å². The quantitative estimate of drug-likeness (QED) is 0.754. The lowest BCUT2D eigenvalue weighted by atomic mass is 9.82. The Kier molecular flexibility index (Phi) is 3.20. The van der Waals surface area contributed by atoms with Crippen molar-refractivity contribution in [1.29, 1.82) is 0 Å². The molecule has 0 aromatic heterocycles. The Bertz CT molecular complexity index is 260. The normalized spacial score (nSPS) is 27.5. The molecule has 1 nitrogen and oxygen atoms in total. The van der Waals surface area contributed by atoms with E-state index in [1.807, 2.05) is 0 Å². The van der Waals surface area contributed by atoms with E-state index in [9.17, 15) is 0 Å². The molecule has 0 bridgehead atoms. The molecule has 0 radical (unpaired) electrons. The van der Waals surface area contributed by atoms with Gasteiger partial charge in [0.1, 0.15) is 0 Å². The highest BCUT2D eigenvalue weighted by molar-refractivity contribution is 5.19. The van der Waals surface area contributed by atoms with Crippen molar-refractivity contribution in [2.75, 3.05) is 7.05 Å². The number of benzene rings is 1. The zero-order chi connectivity index (χ0) is 9.80. The van der Waals surface area contributed by atoms with E-state index in [1.165, 1.54) is 31.2 Å². The van der Waals surface area contributed by atoms with E-state index in [-0.39, 0.29) is 0 Å². The van der Waals surface area contributed by atoms with Crippen LogP contribution in [0.5, 0.6) is 0 Å². The van der Waals surface area contributed by atoms with E-state index >= 15 is 0 Å². The van der Waals surface area contributed by atoms with E-state index in [1.54, 1.807) is 0 Å². The fourth-order valence-corrected chi connectivity index (χ4v) is 2.44. The van der Waals surface area contributed by atoms with E-state index in [2.05, 4.69) is 42.7 Å². The smallest absolute Gasteiger partial charge is 0.00644 e. The van der Waals surface area contributed by atoms with Crippen molar-refractivity contribution in [3.05, 3.63) is 35.9 Å². The summed E-state index contributed by atoms with van der Waals surface area (Å²) in [5.41, 5.74) is 1.53. The van der Waals surface area contributed by atoms with Crippen LogP contribution in [0.4, 0.5) is 0 Å². The van der Waals surface area contributed by atoms with Gasteiger partial charge in [0.25, 0.3) is 0 Å². The van der Waals surface area contributed by atoms with Crippen LogP contribution in [0.3, 0.4) is 0 Å². The lowest BCUT2D eigenvalue weighted by molar-refractivity contribution is 0.359. The molecule has 0 spiro atoms. The SMILES string of the molecule is CN[C@H]1CC[C@@H](c2ccccc2)CC1. The monoisotopic (exact) mass is 189 g/mol. The number of nitrogens with one attached hydrogen (secondary N) is 1. The van der Waals surface area contributed by atoms with E-state index in [4.69, 9.17) is 0 Å². The number of hydrogen-bond donors (Lipinski definition) is 1. The second-order valence-corrected chi connectivity index (χ2v) is 4.25. The third-order valence-corrected chi connectivity index (χ3v) is 3.41. The first-order valence-corrected chi connectivity index (χ1v) is 5.62. The van der Waals surface area contributed by atoms with Crippen LogP contribution in [0.1, 0.15) is 37.2 Å². The maximum atomic E-state index is 3.38. The number of hydrogen-bond acceptors (Lipinski definition) is 1. The molecule has 1 aliphatic rings. The fourth-order valence-electron chi connectivity index (χ4n) is 2.44. The highest BCUT2D eigenvalue weighted by atomic mass is 14.9. The first-order valence-electron chi connectivity index (χ1n) is 5.62. The van der Waals surface area contributed by atoms with Crippen molar-refractivity contribution in [2.45, 2.75) is 37.6 Å². The average molecular weight is 189 g/mol. The highest BCUT2D eigenvalue weighted by Gasteiger charge is 2.20. The lowest BCUT2D eigenvalue weighted by Gasteiger charge is -2.28. The predicted octanol–water partition coefficient (Wildman–Crippen LogP) is 2.93. The van der Waals surface area contributed by atoms with Gasteiger partial charge in [-0.05, 0) is 44.2 Å². The summed E-state index contributed by atoms with van der Waals surface area (Å²) >= 11 is 0. The molecule has 1 N–H and O–H groups in total. The first kappa shape index (κ1) is 9.72. The largest absolute Gasteiger partial charge is 0.317 e. The second kappa shape index (κ2) is 4.61. The van der Waals surface area contributed by atoms with Crippen molar-refractivity contribution >= 4 is 0 Å². The summed E-state index contributed by atoms with van der Waals surface area (Å²) in [5, 5.41) is 3.38. The van der Waals surface area contributed by atoms with Gasteiger partial charge in [0.05, 0.1) is 0 Å². The standard InChI is InChI=1S/C13H19N/c1-14-13-9-7-12(8-10-13)11-5-3-2-4-6-11/h2-6,12-14H,7-10H2,1H3/t12-,13+. The van der Waals surface area contributed by atoms with Crippen molar-refractivity contribution in [3.8, 4) is 0 Å². The fraction of sp³-hybridized carbons (Fsp3) is 0.538. The first-order chi connectivity index (χ1) is 6.90. The topological polar surface area (TPSA) is 12.0 Å². The minimum Gasteiger partial charge on any atom is -0.317 e. The predicted molar refractivity (Wildman–Crippen MR) is 60.5 cm³/mol. The van der Waals surface area contributed by atoms with Gasteiger partial charge in [-0.15, -0.1) is 0 Å². The van der Waals surface area contributed by atoms with Crippen LogP contribution in [-0.2, 0) is 0 Å².